The van der Waals surface area contributed by atoms with Crippen LogP contribution in [0.15, 0.2) is 22.7 Å². The highest BCUT2D eigenvalue weighted by atomic mass is 79.9. The molecule has 5 heteroatoms. The molecule has 0 bridgehead atoms. The van der Waals surface area contributed by atoms with Gasteiger partial charge in [0.2, 0.25) is 0 Å². The van der Waals surface area contributed by atoms with Crippen LogP contribution in [0.5, 0.6) is 0 Å². The highest BCUT2D eigenvalue weighted by molar-refractivity contribution is 9.10. The topological polar surface area (TPSA) is 55.6 Å². The lowest BCUT2D eigenvalue weighted by molar-refractivity contribution is 0.0635. The number of halogens is 1. The molecule has 0 spiro atoms. The van der Waals surface area contributed by atoms with E-state index in [0.29, 0.717) is 26.3 Å². The van der Waals surface area contributed by atoms with Crippen LogP contribution in [0.2, 0.25) is 0 Å². The van der Waals surface area contributed by atoms with Crippen molar-refractivity contribution in [1.29, 1.82) is 0 Å². The van der Waals surface area contributed by atoms with Crippen LogP contribution in [0.3, 0.4) is 0 Å². The van der Waals surface area contributed by atoms with Gasteiger partial charge in [-0.25, -0.2) is 0 Å². The highest BCUT2D eigenvalue weighted by Crippen LogP contribution is 2.22. The molecular formula is C13H17BrN2O2. The molecule has 1 aliphatic heterocycles. The monoisotopic (exact) mass is 312 g/mol. The molecule has 0 saturated carbocycles. The summed E-state index contributed by atoms with van der Waals surface area (Å²) in [6.45, 7) is 3.01. The van der Waals surface area contributed by atoms with Crippen LogP contribution in [-0.4, -0.2) is 43.7 Å². The van der Waals surface area contributed by atoms with Crippen LogP contribution in [0.1, 0.15) is 15.9 Å². The minimum atomic E-state index is 0.0973. The normalized spacial score (nSPS) is 14.8. The average Bonchev–Trinajstić information content (AvgIpc) is 2.37. The maximum Gasteiger partial charge on any atom is 0.254 e. The van der Waals surface area contributed by atoms with E-state index in [0.717, 1.165) is 28.6 Å². The molecule has 0 aromatic heterocycles. The van der Waals surface area contributed by atoms with Crippen LogP contribution in [0, 0.1) is 0 Å². The van der Waals surface area contributed by atoms with Crippen molar-refractivity contribution in [3.8, 4) is 0 Å². The zero-order chi connectivity index (χ0) is 13.0. The van der Waals surface area contributed by atoms with Crippen LogP contribution in [0.4, 0.5) is 0 Å². The van der Waals surface area contributed by atoms with E-state index in [2.05, 4.69) is 15.9 Å². The minimum absolute atomic E-state index is 0.0973. The molecule has 4 nitrogen and oxygen atoms in total. The van der Waals surface area contributed by atoms with Gasteiger partial charge >= 0.3 is 0 Å². The molecule has 18 heavy (non-hydrogen) atoms. The van der Waals surface area contributed by atoms with Gasteiger partial charge in [0, 0.05) is 29.7 Å². The second-order valence-corrected chi connectivity index (χ2v) is 5.16. The minimum Gasteiger partial charge on any atom is -0.378 e. The van der Waals surface area contributed by atoms with Gasteiger partial charge in [-0.05, 0) is 30.2 Å². The number of amides is 1. The summed E-state index contributed by atoms with van der Waals surface area (Å²) in [4.78, 5) is 14.1. The van der Waals surface area contributed by atoms with Crippen molar-refractivity contribution < 1.29 is 9.53 Å². The Kier molecular flexibility index (Phi) is 4.74. The summed E-state index contributed by atoms with van der Waals surface area (Å²) in [7, 11) is 0. The number of hydrogen-bond donors (Lipinski definition) is 1. The molecule has 98 valence electrons. The lowest BCUT2D eigenvalue weighted by Gasteiger charge is -2.28. The van der Waals surface area contributed by atoms with Gasteiger partial charge in [0.05, 0.1) is 13.2 Å². The molecule has 2 rings (SSSR count). The molecule has 1 aromatic carbocycles. The molecule has 1 aromatic rings. The smallest absolute Gasteiger partial charge is 0.254 e. The molecular weight excluding hydrogens is 296 g/mol. The third kappa shape index (κ3) is 3.10. The van der Waals surface area contributed by atoms with Crippen molar-refractivity contribution in [1.82, 2.24) is 4.90 Å². The molecule has 0 aliphatic carbocycles. The highest BCUT2D eigenvalue weighted by Gasteiger charge is 2.23. The van der Waals surface area contributed by atoms with E-state index < -0.39 is 0 Å². The Morgan fingerprint density at radius 2 is 2.22 bits per heavy atom. The average molecular weight is 313 g/mol. The maximum absolute atomic E-state index is 12.2. The van der Waals surface area contributed by atoms with Gasteiger partial charge in [0.25, 0.3) is 5.91 Å². The fourth-order valence-electron chi connectivity index (χ4n) is 2.08. The van der Waals surface area contributed by atoms with Gasteiger partial charge in [0.1, 0.15) is 0 Å². The van der Waals surface area contributed by atoms with Crippen LogP contribution in [-0.2, 0) is 11.2 Å². The molecule has 1 aliphatic rings. The number of hydrogen-bond acceptors (Lipinski definition) is 3. The van der Waals surface area contributed by atoms with E-state index in [1.54, 1.807) is 0 Å². The van der Waals surface area contributed by atoms with Crippen LogP contribution in [0.25, 0.3) is 0 Å². The first-order valence-corrected chi connectivity index (χ1v) is 6.87. The van der Waals surface area contributed by atoms with Crippen LogP contribution >= 0.6 is 15.9 Å². The summed E-state index contributed by atoms with van der Waals surface area (Å²) in [5.41, 5.74) is 7.27. The van der Waals surface area contributed by atoms with Crippen molar-refractivity contribution in [3.05, 3.63) is 33.8 Å². The summed E-state index contributed by atoms with van der Waals surface area (Å²) in [6, 6.07) is 5.81. The quantitative estimate of drug-likeness (QED) is 0.837. The maximum atomic E-state index is 12.2. The third-order valence-corrected chi connectivity index (χ3v) is 3.50. The Bertz CT molecular complexity index is 437. The number of benzene rings is 1. The van der Waals surface area contributed by atoms with Crippen molar-refractivity contribution in [3.63, 3.8) is 0 Å². The van der Waals surface area contributed by atoms with Crippen molar-refractivity contribution in [2.24, 2.45) is 5.73 Å². The zero-order valence-corrected chi connectivity index (χ0v) is 11.8. The number of carbonyl (C=O) groups excluding carboxylic acids is 1. The summed E-state index contributed by atoms with van der Waals surface area (Å²) in [5.74, 6) is 0.0973. The molecule has 2 N–H and O–H groups in total. The van der Waals surface area contributed by atoms with E-state index in [9.17, 15) is 4.79 Å². The van der Waals surface area contributed by atoms with Crippen molar-refractivity contribution >= 4 is 21.8 Å². The Morgan fingerprint density at radius 1 is 1.39 bits per heavy atom. The lowest BCUT2D eigenvalue weighted by Crippen LogP contribution is -2.39. The van der Waals surface area contributed by atoms with E-state index in [4.69, 9.17) is 10.5 Å². The summed E-state index contributed by atoms with van der Waals surface area (Å²) >= 11 is 3.43. The Hall–Kier alpha value is -0.910. The van der Waals surface area contributed by atoms with Gasteiger partial charge in [-0.1, -0.05) is 15.9 Å². The number of fused-ring (bicyclic) bond motifs is 1. The van der Waals surface area contributed by atoms with Gasteiger partial charge in [-0.3, -0.25) is 4.79 Å². The standard InChI is InChI=1S/C13H17BrN2O2/c14-11-1-2-12-10(9-11)3-5-16(13(12)17)6-8-18-7-4-15/h1-2,9H,3-8,15H2. The largest absolute Gasteiger partial charge is 0.378 e. The van der Waals surface area contributed by atoms with E-state index in [-0.39, 0.29) is 5.91 Å². The van der Waals surface area contributed by atoms with Gasteiger partial charge in [-0.15, -0.1) is 0 Å². The summed E-state index contributed by atoms with van der Waals surface area (Å²) < 4.78 is 6.34. The molecule has 0 radical (unpaired) electrons. The lowest BCUT2D eigenvalue weighted by atomic mass is 9.99. The first kappa shape index (κ1) is 13.5. The third-order valence-electron chi connectivity index (χ3n) is 3.00. The van der Waals surface area contributed by atoms with Gasteiger partial charge in [-0.2, -0.15) is 0 Å². The van der Waals surface area contributed by atoms with Crippen LogP contribution < -0.4 is 5.73 Å². The van der Waals surface area contributed by atoms with Gasteiger partial charge < -0.3 is 15.4 Å². The fourth-order valence-corrected chi connectivity index (χ4v) is 2.49. The SMILES string of the molecule is NCCOCCN1CCc2cc(Br)ccc2C1=O. The zero-order valence-electron chi connectivity index (χ0n) is 10.2. The predicted molar refractivity (Wildman–Crippen MR) is 73.6 cm³/mol. The fraction of sp³-hybridized carbons (Fsp3) is 0.462. The second-order valence-electron chi connectivity index (χ2n) is 4.24. The molecule has 0 atom stereocenters. The molecule has 0 fully saturated rings. The Balaban J connectivity index is 1.98. The number of nitrogens with zero attached hydrogens (tertiary/aromatic N) is 1. The number of carbonyl (C=O) groups is 1. The molecule has 1 heterocycles. The Labute approximate surface area is 115 Å². The Morgan fingerprint density at radius 3 is 3.00 bits per heavy atom. The number of nitrogens with two attached hydrogens (primary N) is 1. The van der Waals surface area contributed by atoms with Gasteiger partial charge in [0.15, 0.2) is 0 Å². The first-order chi connectivity index (χ1) is 8.72. The van der Waals surface area contributed by atoms with E-state index in [1.807, 2.05) is 23.1 Å². The van der Waals surface area contributed by atoms with E-state index in [1.165, 1.54) is 0 Å². The molecule has 1 amide bonds. The summed E-state index contributed by atoms with van der Waals surface area (Å²) in [5, 5.41) is 0. The first-order valence-electron chi connectivity index (χ1n) is 6.08. The number of rotatable bonds is 5. The van der Waals surface area contributed by atoms with E-state index >= 15 is 0 Å². The second kappa shape index (κ2) is 6.31. The molecule has 0 saturated heterocycles. The summed E-state index contributed by atoms with van der Waals surface area (Å²) in [6.07, 6.45) is 0.900. The van der Waals surface area contributed by atoms with Crippen molar-refractivity contribution in [2.45, 2.75) is 6.42 Å². The number of ether oxygens (including phenoxy) is 1. The van der Waals surface area contributed by atoms with Crippen molar-refractivity contribution in [2.75, 3.05) is 32.8 Å². The predicted octanol–water partition coefficient (Wildman–Crippen LogP) is 1.42. The molecule has 0 unspecified atom stereocenters.